The first kappa shape index (κ1) is 10.7. The van der Waals surface area contributed by atoms with E-state index < -0.39 is 0 Å². The molecule has 0 bridgehead atoms. The SMILES string of the molecule is COc1ccc(N=C=S)c(OC)c1C. The fourth-order valence-electron chi connectivity index (χ4n) is 1.28. The molecule has 0 N–H and O–H groups in total. The number of rotatable bonds is 3. The molecular formula is C10H11NO2S. The summed E-state index contributed by atoms with van der Waals surface area (Å²) >= 11 is 4.54. The van der Waals surface area contributed by atoms with E-state index >= 15 is 0 Å². The van der Waals surface area contributed by atoms with E-state index in [9.17, 15) is 0 Å². The second-order valence-electron chi connectivity index (χ2n) is 2.65. The van der Waals surface area contributed by atoms with Gasteiger partial charge in [-0.15, -0.1) is 0 Å². The number of hydrogen-bond acceptors (Lipinski definition) is 4. The average molecular weight is 209 g/mol. The van der Waals surface area contributed by atoms with Crippen molar-refractivity contribution < 1.29 is 9.47 Å². The molecule has 1 aromatic carbocycles. The fraction of sp³-hybridized carbons (Fsp3) is 0.300. The van der Waals surface area contributed by atoms with Crippen LogP contribution in [-0.2, 0) is 0 Å². The van der Waals surface area contributed by atoms with Crippen molar-refractivity contribution in [3.63, 3.8) is 0 Å². The number of benzene rings is 1. The van der Waals surface area contributed by atoms with Gasteiger partial charge in [-0.3, -0.25) is 0 Å². The molecule has 0 aliphatic carbocycles. The van der Waals surface area contributed by atoms with Crippen LogP contribution < -0.4 is 9.47 Å². The van der Waals surface area contributed by atoms with Gasteiger partial charge in [0.05, 0.1) is 19.4 Å². The Labute approximate surface area is 88.4 Å². The van der Waals surface area contributed by atoms with E-state index in [0.29, 0.717) is 11.4 Å². The molecule has 0 aliphatic rings. The molecule has 0 aromatic heterocycles. The van der Waals surface area contributed by atoms with Gasteiger partial charge in [0.25, 0.3) is 0 Å². The van der Waals surface area contributed by atoms with Crippen LogP contribution in [0.1, 0.15) is 5.56 Å². The number of isothiocyanates is 1. The average Bonchev–Trinajstić information content (AvgIpc) is 2.19. The molecule has 0 atom stereocenters. The molecule has 3 nitrogen and oxygen atoms in total. The maximum absolute atomic E-state index is 5.21. The third-order valence-electron chi connectivity index (χ3n) is 1.93. The van der Waals surface area contributed by atoms with Crippen LogP contribution in [0.25, 0.3) is 0 Å². The maximum Gasteiger partial charge on any atom is 0.151 e. The summed E-state index contributed by atoms with van der Waals surface area (Å²) in [6.07, 6.45) is 0. The van der Waals surface area contributed by atoms with E-state index in [1.807, 2.05) is 13.0 Å². The number of hydrogen-bond donors (Lipinski definition) is 0. The predicted molar refractivity (Wildman–Crippen MR) is 59.0 cm³/mol. The minimum atomic E-state index is 0.667. The van der Waals surface area contributed by atoms with Crippen LogP contribution in [0, 0.1) is 6.92 Å². The molecular weight excluding hydrogens is 198 g/mol. The van der Waals surface area contributed by atoms with Gasteiger partial charge in [-0.1, -0.05) is 0 Å². The molecule has 1 aromatic rings. The zero-order valence-corrected chi connectivity index (χ0v) is 9.14. The van der Waals surface area contributed by atoms with Gasteiger partial charge in [-0.05, 0) is 31.3 Å². The second-order valence-corrected chi connectivity index (χ2v) is 2.83. The number of nitrogens with zero attached hydrogens (tertiary/aromatic N) is 1. The van der Waals surface area contributed by atoms with Crippen LogP contribution >= 0.6 is 12.2 Å². The molecule has 0 radical (unpaired) electrons. The first-order chi connectivity index (χ1) is 6.74. The zero-order chi connectivity index (χ0) is 10.6. The monoisotopic (exact) mass is 209 g/mol. The largest absolute Gasteiger partial charge is 0.496 e. The van der Waals surface area contributed by atoms with Crippen molar-refractivity contribution in [1.82, 2.24) is 0 Å². The Hall–Kier alpha value is -1.38. The molecule has 74 valence electrons. The van der Waals surface area contributed by atoms with Crippen molar-refractivity contribution in [3.05, 3.63) is 17.7 Å². The van der Waals surface area contributed by atoms with Gasteiger partial charge in [0.15, 0.2) is 5.75 Å². The van der Waals surface area contributed by atoms with Crippen molar-refractivity contribution in [2.24, 2.45) is 4.99 Å². The van der Waals surface area contributed by atoms with Crippen molar-refractivity contribution >= 4 is 23.1 Å². The van der Waals surface area contributed by atoms with Gasteiger partial charge in [-0.2, -0.15) is 4.99 Å². The normalized spacial score (nSPS) is 9.07. The lowest BCUT2D eigenvalue weighted by atomic mass is 10.1. The Morgan fingerprint density at radius 2 is 2.00 bits per heavy atom. The molecule has 0 saturated carbocycles. The highest BCUT2D eigenvalue weighted by molar-refractivity contribution is 7.78. The molecule has 0 aliphatic heterocycles. The molecule has 0 fully saturated rings. The van der Waals surface area contributed by atoms with E-state index in [0.717, 1.165) is 11.3 Å². The van der Waals surface area contributed by atoms with E-state index in [-0.39, 0.29) is 0 Å². The van der Waals surface area contributed by atoms with Crippen molar-refractivity contribution in [3.8, 4) is 11.5 Å². The van der Waals surface area contributed by atoms with Gasteiger partial charge >= 0.3 is 0 Å². The minimum Gasteiger partial charge on any atom is -0.496 e. The summed E-state index contributed by atoms with van der Waals surface area (Å²) in [5, 5.41) is 2.31. The Morgan fingerprint density at radius 3 is 2.50 bits per heavy atom. The van der Waals surface area contributed by atoms with Crippen molar-refractivity contribution in [1.29, 1.82) is 0 Å². The number of ether oxygens (including phenoxy) is 2. The van der Waals surface area contributed by atoms with Crippen LogP contribution in [0.5, 0.6) is 11.5 Å². The van der Waals surface area contributed by atoms with Gasteiger partial charge in [0, 0.05) is 5.56 Å². The molecule has 0 unspecified atom stereocenters. The highest BCUT2D eigenvalue weighted by Crippen LogP contribution is 2.36. The van der Waals surface area contributed by atoms with Crippen molar-refractivity contribution in [2.45, 2.75) is 6.92 Å². The molecule has 0 spiro atoms. The van der Waals surface area contributed by atoms with Crippen LogP contribution in [-0.4, -0.2) is 19.4 Å². The number of aliphatic imine (C=N–C) groups is 1. The van der Waals surface area contributed by atoms with E-state index in [1.54, 1.807) is 20.3 Å². The first-order valence-corrected chi connectivity index (χ1v) is 4.45. The Bertz CT molecular complexity index is 384. The highest BCUT2D eigenvalue weighted by atomic mass is 32.1. The Morgan fingerprint density at radius 1 is 1.29 bits per heavy atom. The number of thiocarbonyl (C=S) groups is 1. The summed E-state index contributed by atoms with van der Waals surface area (Å²) < 4.78 is 10.4. The van der Waals surface area contributed by atoms with Crippen LogP contribution in [0.4, 0.5) is 5.69 Å². The van der Waals surface area contributed by atoms with Gasteiger partial charge in [0.2, 0.25) is 0 Å². The van der Waals surface area contributed by atoms with E-state index in [2.05, 4.69) is 22.4 Å². The summed E-state index contributed by atoms with van der Waals surface area (Å²) in [6, 6.07) is 3.60. The van der Waals surface area contributed by atoms with E-state index in [1.165, 1.54) is 0 Å². The van der Waals surface area contributed by atoms with Crippen LogP contribution in [0.15, 0.2) is 17.1 Å². The standard InChI is InChI=1S/C10H11NO2S/c1-7-9(12-2)5-4-8(11-6-14)10(7)13-3/h4-5H,1-3H3. The van der Waals surface area contributed by atoms with Gasteiger partial charge in [0.1, 0.15) is 11.4 Å². The minimum absolute atomic E-state index is 0.667. The lowest BCUT2D eigenvalue weighted by Crippen LogP contribution is -1.92. The Kier molecular flexibility index (Phi) is 3.63. The molecule has 0 heterocycles. The van der Waals surface area contributed by atoms with Crippen molar-refractivity contribution in [2.75, 3.05) is 14.2 Å². The molecule has 4 heteroatoms. The predicted octanol–water partition coefficient (Wildman–Crippen LogP) is 2.75. The molecule has 0 amide bonds. The lowest BCUT2D eigenvalue weighted by molar-refractivity contribution is 0.390. The fourth-order valence-corrected chi connectivity index (χ4v) is 1.37. The topological polar surface area (TPSA) is 30.8 Å². The van der Waals surface area contributed by atoms with E-state index in [4.69, 9.17) is 9.47 Å². The first-order valence-electron chi connectivity index (χ1n) is 4.04. The zero-order valence-electron chi connectivity index (χ0n) is 8.33. The molecule has 1 rings (SSSR count). The summed E-state index contributed by atoms with van der Waals surface area (Å²) in [6.45, 7) is 1.90. The summed E-state index contributed by atoms with van der Waals surface area (Å²) in [7, 11) is 3.20. The Balaban J connectivity index is 3.35. The maximum atomic E-state index is 5.21. The quantitative estimate of drug-likeness (QED) is 0.566. The molecule has 0 saturated heterocycles. The van der Waals surface area contributed by atoms with Gasteiger partial charge < -0.3 is 9.47 Å². The second kappa shape index (κ2) is 4.74. The highest BCUT2D eigenvalue weighted by Gasteiger charge is 2.09. The smallest absolute Gasteiger partial charge is 0.151 e. The van der Waals surface area contributed by atoms with Crippen LogP contribution in [0.3, 0.4) is 0 Å². The third kappa shape index (κ3) is 1.92. The number of methoxy groups -OCH3 is 2. The third-order valence-corrected chi connectivity index (χ3v) is 2.02. The van der Waals surface area contributed by atoms with Crippen LogP contribution in [0.2, 0.25) is 0 Å². The lowest BCUT2D eigenvalue weighted by Gasteiger charge is -2.10. The summed E-state index contributed by atoms with van der Waals surface area (Å²) in [4.78, 5) is 3.90. The molecule has 14 heavy (non-hydrogen) atoms. The van der Waals surface area contributed by atoms with Gasteiger partial charge in [-0.25, -0.2) is 0 Å². The summed E-state index contributed by atoms with van der Waals surface area (Å²) in [5.41, 5.74) is 1.57. The summed E-state index contributed by atoms with van der Waals surface area (Å²) in [5.74, 6) is 1.44.